The van der Waals surface area contributed by atoms with Crippen molar-refractivity contribution in [2.75, 3.05) is 13.7 Å². The van der Waals surface area contributed by atoms with Crippen LogP contribution in [0.2, 0.25) is 5.02 Å². The third kappa shape index (κ3) is 2.06. The maximum atomic E-state index is 11.6. The van der Waals surface area contributed by atoms with Crippen LogP contribution in [0.25, 0.3) is 10.9 Å². The smallest absolute Gasteiger partial charge is 0.354 e. The Morgan fingerprint density at radius 2 is 2.35 bits per heavy atom. The first-order valence-corrected chi connectivity index (χ1v) is 5.43. The third-order valence-corrected chi connectivity index (χ3v) is 2.57. The molecular weight excluding hydrogens is 244 g/mol. The highest BCUT2D eigenvalue weighted by Gasteiger charge is 2.15. The van der Waals surface area contributed by atoms with E-state index in [1.54, 1.807) is 13.0 Å². The maximum absolute atomic E-state index is 11.6. The second-order valence-corrected chi connectivity index (χ2v) is 3.71. The van der Waals surface area contributed by atoms with Crippen LogP contribution < -0.4 is 4.74 Å². The number of aromatic nitrogens is 2. The number of esters is 1. The molecule has 0 radical (unpaired) electrons. The zero-order valence-electron chi connectivity index (χ0n) is 9.41. The topological polar surface area (TPSA) is 64.2 Å². The highest BCUT2D eigenvalue weighted by molar-refractivity contribution is 6.35. The summed E-state index contributed by atoms with van der Waals surface area (Å²) in [5.41, 5.74) is 0.915. The zero-order chi connectivity index (χ0) is 12.4. The lowest BCUT2D eigenvalue weighted by Gasteiger charge is -2.00. The van der Waals surface area contributed by atoms with E-state index in [-0.39, 0.29) is 0 Å². The lowest BCUT2D eigenvalue weighted by atomic mass is 10.3. The molecule has 0 atom stereocenters. The molecule has 0 aliphatic rings. The van der Waals surface area contributed by atoms with Gasteiger partial charge in [0.2, 0.25) is 5.88 Å². The van der Waals surface area contributed by atoms with Crippen molar-refractivity contribution < 1.29 is 14.3 Å². The van der Waals surface area contributed by atoms with Gasteiger partial charge in [-0.2, -0.15) is 0 Å². The van der Waals surface area contributed by atoms with Gasteiger partial charge in [-0.1, -0.05) is 11.6 Å². The number of rotatable bonds is 3. The van der Waals surface area contributed by atoms with E-state index in [2.05, 4.69) is 9.97 Å². The molecule has 90 valence electrons. The van der Waals surface area contributed by atoms with Crippen molar-refractivity contribution in [1.29, 1.82) is 0 Å². The Balaban J connectivity index is 2.56. The number of pyridine rings is 1. The molecule has 17 heavy (non-hydrogen) atoms. The van der Waals surface area contributed by atoms with Crippen molar-refractivity contribution in [3.8, 4) is 5.88 Å². The van der Waals surface area contributed by atoms with E-state index in [0.29, 0.717) is 34.1 Å². The summed E-state index contributed by atoms with van der Waals surface area (Å²) in [6.45, 7) is 2.06. The Hall–Kier alpha value is -1.75. The van der Waals surface area contributed by atoms with E-state index in [1.165, 1.54) is 13.3 Å². The number of aromatic amines is 1. The second kappa shape index (κ2) is 4.63. The van der Waals surface area contributed by atoms with Gasteiger partial charge in [0.15, 0.2) is 0 Å². The normalized spacial score (nSPS) is 10.5. The van der Waals surface area contributed by atoms with Crippen molar-refractivity contribution in [2.24, 2.45) is 0 Å². The SMILES string of the molecule is CCOC(=O)c1cc2c(Cl)cnc(OC)c2[nH]1. The standard InChI is InChI=1S/C11H11ClN2O3/c1-3-17-11(15)8-4-6-7(12)5-13-10(16-2)9(6)14-8/h4-5,14H,3H2,1-2H3. The summed E-state index contributed by atoms with van der Waals surface area (Å²) in [5.74, 6) is -0.0400. The number of H-pyrrole nitrogens is 1. The fourth-order valence-electron chi connectivity index (χ4n) is 1.53. The second-order valence-electron chi connectivity index (χ2n) is 3.31. The average molecular weight is 255 g/mol. The minimum atomic E-state index is -0.429. The van der Waals surface area contributed by atoms with Gasteiger partial charge < -0.3 is 14.5 Å². The molecule has 2 aromatic heterocycles. The van der Waals surface area contributed by atoms with Gasteiger partial charge >= 0.3 is 5.97 Å². The molecule has 0 aromatic carbocycles. The van der Waals surface area contributed by atoms with Crippen LogP contribution in [0.5, 0.6) is 5.88 Å². The highest BCUT2D eigenvalue weighted by Crippen LogP contribution is 2.29. The van der Waals surface area contributed by atoms with Gasteiger partial charge in [-0.25, -0.2) is 9.78 Å². The summed E-state index contributed by atoms with van der Waals surface area (Å²) >= 11 is 5.99. The Labute approximate surface area is 103 Å². The Morgan fingerprint density at radius 3 is 3.00 bits per heavy atom. The van der Waals surface area contributed by atoms with Gasteiger partial charge in [0.1, 0.15) is 11.2 Å². The van der Waals surface area contributed by atoms with Gasteiger partial charge in [-0.3, -0.25) is 0 Å². The lowest BCUT2D eigenvalue weighted by molar-refractivity contribution is 0.0520. The van der Waals surface area contributed by atoms with E-state index in [1.807, 2.05) is 0 Å². The van der Waals surface area contributed by atoms with Crippen LogP contribution in [-0.2, 0) is 4.74 Å². The van der Waals surface area contributed by atoms with Crippen molar-refractivity contribution in [3.63, 3.8) is 0 Å². The van der Waals surface area contributed by atoms with E-state index >= 15 is 0 Å². The quantitative estimate of drug-likeness (QED) is 0.855. The first kappa shape index (κ1) is 11.7. The number of carbonyl (C=O) groups is 1. The van der Waals surface area contributed by atoms with E-state index < -0.39 is 5.97 Å². The van der Waals surface area contributed by atoms with Crippen LogP contribution >= 0.6 is 11.6 Å². The van der Waals surface area contributed by atoms with Crippen LogP contribution in [-0.4, -0.2) is 29.7 Å². The van der Waals surface area contributed by atoms with E-state index in [4.69, 9.17) is 21.1 Å². The average Bonchev–Trinajstić information content (AvgIpc) is 2.76. The first-order chi connectivity index (χ1) is 8.17. The molecule has 0 aliphatic heterocycles. The number of methoxy groups -OCH3 is 1. The molecule has 0 spiro atoms. The van der Waals surface area contributed by atoms with Crippen LogP contribution in [0.3, 0.4) is 0 Å². The van der Waals surface area contributed by atoms with Gasteiger partial charge in [0.25, 0.3) is 0 Å². The molecule has 0 bridgehead atoms. The summed E-state index contributed by atoms with van der Waals surface area (Å²) in [4.78, 5) is 18.5. The molecule has 0 aliphatic carbocycles. The molecule has 0 unspecified atom stereocenters. The summed E-state index contributed by atoms with van der Waals surface area (Å²) in [6, 6.07) is 1.62. The van der Waals surface area contributed by atoms with Crippen LogP contribution in [0.15, 0.2) is 12.3 Å². The van der Waals surface area contributed by atoms with Crippen molar-refractivity contribution in [2.45, 2.75) is 6.92 Å². The predicted octanol–water partition coefficient (Wildman–Crippen LogP) is 2.40. The van der Waals surface area contributed by atoms with Crippen molar-refractivity contribution in [1.82, 2.24) is 9.97 Å². The summed E-state index contributed by atoms with van der Waals surface area (Å²) in [5, 5.41) is 1.13. The molecule has 2 heterocycles. The largest absolute Gasteiger partial charge is 0.479 e. The molecule has 1 N–H and O–H groups in total. The molecule has 0 fully saturated rings. The summed E-state index contributed by atoms with van der Waals surface area (Å²) in [6.07, 6.45) is 1.48. The van der Waals surface area contributed by atoms with Crippen molar-refractivity contribution >= 4 is 28.5 Å². The Kier molecular flexibility index (Phi) is 3.19. The first-order valence-electron chi connectivity index (χ1n) is 5.05. The molecule has 0 saturated heterocycles. The van der Waals surface area contributed by atoms with Gasteiger partial charge in [-0.05, 0) is 13.0 Å². The number of hydrogen-bond donors (Lipinski definition) is 1. The minimum absolute atomic E-state index is 0.317. The number of hydrogen-bond acceptors (Lipinski definition) is 4. The molecule has 6 heteroatoms. The molecule has 2 aromatic rings. The number of fused-ring (bicyclic) bond motifs is 1. The molecule has 0 saturated carbocycles. The fraction of sp³-hybridized carbons (Fsp3) is 0.273. The predicted molar refractivity (Wildman–Crippen MR) is 63.6 cm³/mol. The molecule has 2 rings (SSSR count). The molecule has 5 nitrogen and oxygen atoms in total. The van der Waals surface area contributed by atoms with Crippen LogP contribution in [0.1, 0.15) is 17.4 Å². The Bertz CT molecular complexity index is 565. The van der Waals surface area contributed by atoms with E-state index in [0.717, 1.165) is 0 Å². The zero-order valence-corrected chi connectivity index (χ0v) is 10.2. The Morgan fingerprint density at radius 1 is 1.59 bits per heavy atom. The number of nitrogens with zero attached hydrogens (tertiary/aromatic N) is 1. The highest BCUT2D eigenvalue weighted by atomic mass is 35.5. The number of halogens is 1. The van der Waals surface area contributed by atoms with Gasteiger partial charge in [-0.15, -0.1) is 0 Å². The summed E-state index contributed by atoms with van der Waals surface area (Å²) < 4.78 is 9.98. The fourth-order valence-corrected chi connectivity index (χ4v) is 1.73. The van der Waals surface area contributed by atoms with E-state index in [9.17, 15) is 4.79 Å². The molecule has 0 amide bonds. The summed E-state index contributed by atoms with van der Waals surface area (Å²) in [7, 11) is 1.50. The minimum Gasteiger partial charge on any atom is -0.479 e. The third-order valence-electron chi connectivity index (χ3n) is 2.27. The van der Waals surface area contributed by atoms with Gasteiger partial charge in [0.05, 0.1) is 24.9 Å². The number of nitrogens with one attached hydrogen (secondary N) is 1. The number of carbonyl (C=O) groups excluding carboxylic acids is 1. The number of ether oxygens (including phenoxy) is 2. The van der Waals surface area contributed by atoms with Crippen LogP contribution in [0.4, 0.5) is 0 Å². The monoisotopic (exact) mass is 254 g/mol. The van der Waals surface area contributed by atoms with Crippen molar-refractivity contribution in [3.05, 3.63) is 23.0 Å². The molecular formula is C11H11ClN2O3. The maximum Gasteiger partial charge on any atom is 0.354 e. The van der Waals surface area contributed by atoms with Gasteiger partial charge in [0, 0.05) is 5.39 Å². The lowest BCUT2D eigenvalue weighted by Crippen LogP contribution is -2.04. The van der Waals surface area contributed by atoms with Crippen LogP contribution in [0, 0.1) is 0 Å².